The van der Waals surface area contributed by atoms with Crippen molar-refractivity contribution in [1.29, 1.82) is 0 Å². The molecular formula is C19H14BrN3O5. The van der Waals surface area contributed by atoms with Gasteiger partial charge in [-0.1, -0.05) is 0 Å². The number of aromatic nitrogens is 1. The van der Waals surface area contributed by atoms with Crippen LogP contribution in [0, 0.1) is 0 Å². The number of carbonyl (C=O) groups is 2. The first-order chi connectivity index (χ1) is 13.6. The van der Waals surface area contributed by atoms with E-state index in [0.29, 0.717) is 21.3 Å². The topological polar surface area (TPSA) is 103 Å². The zero-order valence-corrected chi connectivity index (χ0v) is 16.2. The molecular weight excluding hydrogens is 430 g/mol. The Morgan fingerprint density at radius 3 is 2.79 bits per heavy atom. The van der Waals surface area contributed by atoms with Crippen molar-refractivity contribution in [2.45, 2.75) is 0 Å². The van der Waals surface area contributed by atoms with E-state index in [0.717, 1.165) is 0 Å². The summed E-state index contributed by atoms with van der Waals surface area (Å²) in [5.41, 5.74) is 3.40. The summed E-state index contributed by atoms with van der Waals surface area (Å²) < 4.78 is 16.2. The molecule has 1 N–H and O–H groups in total. The maximum Gasteiger partial charge on any atom is 0.379 e. The van der Waals surface area contributed by atoms with Gasteiger partial charge >= 0.3 is 5.97 Å². The zero-order chi connectivity index (χ0) is 19.9. The van der Waals surface area contributed by atoms with Crippen LogP contribution in [0.15, 0.2) is 69.0 Å². The second kappa shape index (κ2) is 8.96. The third kappa shape index (κ3) is 4.83. The van der Waals surface area contributed by atoms with Gasteiger partial charge in [0.05, 0.1) is 25.2 Å². The summed E-state index contributed by atoms with van der Waals surface area (Å²) in [5, 5.41) is 3.91. The summed E-state index contributed by atoms with van der Waals surface area (Å²) in [7, 11) is 1.45. The van der Waals surface area contributed by atoms with Crippen LogP contribution >= 0.6 is 15.9 Å². The minimum atomic E-state index is -0.639. The number of amides is 1. The van der Waals surface area contributed by atoms with Crippen LogP contribution in [-0.4, -0.2) is 30.2 Å². The number of hydrogen-bond donors (Lipinski definition) is 1. The van der Waals surface area contributed by atoms with E-state index in [1.807, 2.05) is 0 Å². The molecule has 2 aromatic heterocycles. The number of esters is 1. The fourth-order valence-corrected chi connectivity index (χ4v) is 2.52. The van der Waals surface area contributed by atoms with Crippen LogP contribution in [0.5, 0.6) is 11.5 Å². The van der Waals surface area contributed by atoms with E-state index < -0.39 is 11.9 Å². The molecule has 3 aromatic rings. The van der Waals surface area contributed by atoms with Crippen molar-refractivity contribution in [2.24, 2.45) is 5.10 Å². The summed E-state index contributed by atoms with van der Waals surface area (Å²) in [6.07, 6.45) is 5.82. The van der Waals surface area contributed by atoms with E-state index >= 15 is 0 Å². The van der Waals surface area contributed by atoms with Crippen molar-refractivity contribution in [3.8, 4) is 11.5 Å². The Hall–Kier alpha value is -3.46. The number of methoxy groups -OCH3 is 1. The van der Waals surface area contributed by atoms with E-state index in [4.69, 9.17) is 13.9 Å². The van der Waals surface area contributed by atoms with Gasteiger partial charge in [-0.05, 0) is 57.9 Å². The predicted octanol–water partition coefficient (Wildman–Crippen LogP) is 3.43. The number of benzene rings is 1. The van der Waals surface area contributed by atoms with E-state index in [1.54, 1.807) is 36.5 Å². The number of furan rings is 1. The van der Waals surface area contributed by atoms with Crippen molar-refractivity contribution in [3.05, 3.63) is 76.4 Å². The maximum absolute atomic E-state index is 12.0. The van der Waals surface area contributed by atoms with Gasteiger partial charge in [0.2, 0.25) is 5.76 Å². The molecule has 3 rings (SSSR count). The van der Waals surface area contributed by atoms with Crippen LogP contribution < -0.4 is 14.9 Å². The second-order valence-corrected chi connectivity index (χ2v) is 6.28. The Bertz CT molecular complexity index is 1020. The van der Waals surface area contributed by atoms with Crippen LogP contribution in [0.4, 0.5) is 0 Å². The molecule has 1 aromatic carbocycles. The minimum Gasteiger partial charge on any atom is -0.493 e. The first-order valence-electron chi connectivity index (χ1n) is 7.94. The van der Waals surface area contributed by atoms with Crippen molar-refractivity contribution >= 4 is 34.0 Å². The first-order valence-corrected chi connectivity index (χ1v) is 8.74. The largest absolute Gasteiger partial charge is 0.493 e. The Balaban J connectivity index is 1.67. The highest BCUT2D eigenvalue weighted by Crippen LogP contribution is 2.28. The van der Waals surface area contributed by atoms with Gasteiger partial charge in [-0.25, -0.2) is 10.2 Å². The fraction of sp³-hybridized carbons (Fsp3) is 0.0526. The monoisotopic (exact) mass is 443 g/mol. The molecule has 0 radical (unpaired) electrons. The third-order valence-corrected chi connectivity index (χ3v) is 3.89. The lowest BCUT2D eigenvalue weighted by Gasteiger charge is -2.09. The number of nitrogens with zero attached hydrogens (tertiary/aromatic N) is 2. The number of nitrogens with one attached hydrogen (secondary N) is 1. The molecule has 0 aliphatic rings. The van der Waals surface area contributed by atoms with Crippen molar-refractivity contribution in [2.75, 3.05) is 7.11 Å². The number of halogens is 1. The molecule has 9 heteroatoms. The molecule has 0 aliphatic carbocycles. The van der Waals surface area contributed by atoms with Crippen molar-refractivity contribution in [1.82, 2.24) is 10.4 Å². The highest BCUT2D eigenvalue weighted by Gasteiger charge is 2.15. The number of ether oxygens (including phenoxy) is 2. The smallest absolute Gasteiger partial charge is 0.379 e. The molecule has 1 amide bonds. The van der Waals surface area contributed by atoms with Gasteiger partial charge in [-0.15, -0.1) is 0 Å². The summed E-state index contributed by atoms with van der Waals surface area (Å²) in [6, 6.07) is 9.54. The van der Waals surface area contributed by atoms with Gasteiger partial charge in [0.15, 0.2) is 11.5 Å². The number of pyridine rings is 1. The van der Waals surface area contributed by atoms with Crippen molar-refractivity contribution < 1.29 is 23.5 Å². The Morgan fingerprint density at radius 2 is 2.07 bits per heavy atom. The molecule has 0 saturated heterocycles. The SMILES string of the molecule is COc1cc(/C=N\NC(=O)c2cncc(Br)c2)ccc1OC(=O)c1ccco1. The summed E-state index contributed by atoms with van der Waals surface area (Å²) in [4.78, 5) is 27.9. The highest BCUT2D eigenvalue weighted by molar-refractivity contribution is 9.10. The predicted molar refractivity (Wildman–Crippen MR) is 104 cm³/mol. The van der Waals surface area contributed by atoms with Gasteiger partial charge in [0.25, 0.3) is 5.91 Å². The zero-order valence-electron chi connectivity index (χ0n) is 14.6. The number of hydrazone groups is 1. The van der Waals surface area contributed by atoms with E-state index in [-0.39, 0.29) is 11.5 Å². The fourth-order valence-electron chi connectivity index (χ4n) is 2.16. The standard InChI is InChI=1S/C19H14BrN3O5/c1-26-17-7-12(4-5-15(17)28-19(25)16-3-2-6-27-16)9-22-23-18(24)13-8-14(20)11-21-10-13/h2-11H,1H3,(H,23,24)/b22-9-. The minimum absolute atomic E-state index is 0.0810. The van der Waals surface area contributed by atoms with E-state index in [1.165, 1.54) is 31.9 Å². The lowest BCUT2D eigenvalue weighted by molar-refractivity contribution is 0.0696. The lowest BCUT2D eigenvalue weighted by Crippen LogP contribution is -2.17. The average molecular weight is 444 g/mol. The van der Waals surface area contributed by atoms with E-state index in [2.05, 4.69) is 31.4 Å². The van der Waals surface area contributed by atoms with Gasteiger partial charge in [0.1, 0.15) is 0 Å². The van der Waals surface area contributed by atoms with Crippen LogP contribution in [0.1, 0.15) is 26.5 Å². The maximum atomic E-state index is 12.0. The van der Waals surface area contributed by atoms with Gasteiger partial charge in [0, 0.05) is 16.9 Å². The second-order valence-electron chi connectivity index (χ2n) is 5.37. The van der Waals surface area contributed by atoms with Gasteiger partial charge in [-0.3, -0.25) is 9.78 Å². The van der Waals surface area contributed by atoms with Gasteiger partial charge in [-0.2, -0.15) is 5.10 Å². The number of carbonyl (C=O) groups excluding carboxylic acids is 2. The molecule has 0 atom stereocenters. The van der Waals surface area contributed by atoms with Crippen LogP contribution in [-0.2, 0) is 0 Å². The third-order valence-electron chi connectivity index (χ3n) is 3.46. The number of rotatable bonds is 6. The molecule has 28 heavy (non-hydrogen) atoms. The quantitative estimate of drug-likeness (QED) is 0.271. The van der Waals surface area contributed by atoms with E-state index in [9.17, 15) is 9.59 Å². The van der Waals surface area contributed by atoms with Gasteiger partial charge < -0.3 is 13.9 Å². The lowest BCUT2D eigenvalue weighted by atomic mass is 10.2. The van der Waals surface area contributed by atoms with Crippen LogP contribution in [0.3, 0.4) is 0 Å². The molecule has 0 saturated carbocycles. The molecule has 142 valence electrons. The number of hydrogen-bond acceptors (Lipinski definition) is 7. The molecule has 0 spiro atoms. The Labute approximate surface area is 168 Å². The van der Waals surface area contributed by atoms with Crippen LogP contribution in [0.25, 0.3) is 0 Å². The molecule has 0 fully saturated rings. The summed E-state index contributed by atoms with van der Waals surface area (Å²) in [5.74, 6) is -0.408. The molecule has 0 aliphatic heterocycles. The molecule has 0 bridgehead atoms. The average Bonchev–Trinajstić information content (AvgIpc) is 3.24. The normalized spacial score (nSPS) is 10.6. The first kappa shape index (κ1) is 19.3. The molecule has 2 heterocycles. The molecule has 8 nitrogen and oxygen atoms in total. The molecule has 0 unspecified atom stereocenters. The highest BCUT2D eigenvalue weighted by atomic mass is 79.9. The van der Waals surface area contributed by atoms with Crippen molar-refractivity contribution in [3.63, 3.8) is 0 Å². The van der Waals surface area contributed by atoms with Crippen LogP contribution in [0.2, 0.25) is 0 Å². The summed E-state index contributed by atoms with van der Waals surface area (Å²) >= 11 is 3.25. The Kier molecular flexibility index (Phi) is 6.18. The summed E-state index contributed by atoms with van der Waals surface area (Å²) in [6.45, 7) is 0. The Morgan fingerprint density at radius 1 is 1.21 bits per heavy atom.